The van der Waals surface area contributed by atoms with Crippen molar-refractivity contribution in [1.82, 2.24) is 9.47 Å². The fraction of sp³-hybridized carbons (Fsp3) is 0.208. The van der Waals surface area contributed by atoms with E-state index in [1.54, 1.807) is 12.5 Å². The second-order valence-corrected chi connectivity index (χ2v) is 7.60. The first-order chi connectivity index (χ1) is 14.6. The molecule has 0 saturated heterocycles. The number of benzene rings is 1. The zero-order valence-electron chi connectivity index (χ0n) is 17.0. The molecule has 0 fully saturated rings. The number of carbonyl (C=O) groups excluding carboxylic acids is 1. The van der Waals surface area contributed by atoms with E-state index in [2.05, 4.69) is 29.8 Å². The van der Waals surface area contributed by atoms with Crippen molar-refractivity contribution in [2.75, 3.05) is 5.32 Å². The van der Waals surface area contributed by atoms with E-state index in [-0.39, 0.29) is 12.1 Å². The molecule has 6 nitrogen and oxygen atoms in total. The van der Waals surface area contributed by atoms with Crippen molar-refractivity contribution >= 4 is 11.6 Å². The molecule has 0 aliphatic carbocycles. The van der Waals surface area contributed by atoms with Gasteiger partial charge >= 0.3 is 0 Å². The van der Waals surface area contributed by atoms with Crippen LogP contribution in [-0.4, -0.2) is 15.4 Å². The fourth-order valence-corrected chi connectivity index (χ4v) is 4.18. The van der Waals surface area contributed by atoms with Crippen LogP contribution in [0.15, 0.2) is 76.0 Å². The molecule has 5 rings (SSSR count). The number of anilines is 1. The van der Waals surface area contributed by atoms with Crippen LogP contribution >= 0.6 is 0 Å². The summed E-state index contributed by atoms with van der Waals surface area (Å²) in [5.41, 5.74) is 4.79. The number of furan rings is 2. The predicted octanol–water partition coefficient (Wildman–Crippen LogP) is 5.11. The number of hydrogen-bond donors (Lipinski definition) is 1. The lowest BCUT2D eigenvalue weighted by Gasteiger charge is -2.37. The number of para-hydroxylation sites is 1. The van der Waals surface area contributed by atoms with Gasteiger partial charge in [0.15, 0.2) is 0 Å². The summed E-state index contributed by atoms with van der Waals surface area (Å²) in [5, 5.41) is 3.57. The minimum absolute atomic E-state index is 0.0124. The van der Waals surface area contributed by atoms with Crippen molar-refractivity contribution in [3.63, 3.8) is 0 Å². The van der Waals surface area contributed by atoms with Crippen LogP contribution in [0.1, 0.15) is 45.0 Å². The summed E-state index contributed by atoms with van der Waals surface area (Å²) in [4.78, 5) is 15.2. The van der Waals surface area contributed by atoms with Crippen molar-refractivity contribution in [3.8, 4) is 0 Å². The molecule has 0 saturated carbocycles. The van der Waals surface area contributed by atoms with Crippen molar-refractivity contribution in [2.24, 2.45) is 0 Å². The lowest BCUT2D eigenvalue weighted by atomic mass is 10.0. The Balaban J connectivity index is 1.56. The van der Waals surface area contributed by atoms with E-state index in [0.717, 1.165) is 34.2 Å². The minimum atomic E-state index is -0.297. The molecule has 1 aliphatic heterocycles. The maximum Gasteiger partial charge on any atom is 0.258 e. The zero-order chi connectivity index (χ0) is 20.7. The van der Waals surface area contributed by atoms with Gasteiger partial charge in [0, 0.05) is 22.6 Å². The fourth-order valence-electron chi connectivity index (χ4n) is 4.18. The number of fused-ring (bicyclic) bond motifs is 1. The molecule has 152 valence electrons. The van der Waals surface area contributed by atoms with E-state index in [4.69, 9.17) is 8.83 Å². The Labute approximate surface area is 174 Å². The van der Waals surface area contributed by atoms with Crippen LogP contribution in [0, 0.1) is 13.8 Å². The molecular weight excluding hydrogens is 378 g/mol. The zero-order valence-corrected chi connectivity index (χ0v) is 17.0. The first-order valence-corrected chi connectivity index (χ1v) is 10.00. The average Bonchev–Trinajstić information content (AvgIpc) is 3.50. The molecule has 1 aromatic carbocycles. The lowest BCUT2D eigenvalue weighted by Crippen LogP contribution is -2.42. The van der Waals surface area contributed by atoms with Crippen molar-refractivity contribution in [1.29, 1.82) is 0 Å². The second-order valence-electron chi connectivity index (χ2n) is 7.60. The van der Waals surface area contributed by atoms with Gasteiger partial charge in [-0.3, -0.25) is 4.79 Å². The Bertz CT molecular complexity index is 1170. The highest BCUT2D eigenvalue weighted by Crippen LogP contribution is 2.36. The predicted molar refractivity (Wildman–Crippen MR) is 113 cm³/mol. The monoisotopic (exact) mass is 401 g/mol. The number of amides is 1. The highest BCUT2D eigenvalue weighted by molar-refractivity contribution is 6.01. The van der Waals surface area contributed by atoms with Crippen LogP contribution in [0.4, 0.5) is 5.69 Å². The number of carbonyl (C=O) groups is 1. The number of nitrogens with zero attached hydrogens (tertiary/aromatic N) is 2. The molecule has 0 radical (unpaired) electrons. The van der Waals surface area contributed by atoms with Crippen LogP contribution < -0.4 is 5.32 Å². The van der Waals surface area contributed by atoms with Gasteiger partial charge in [0.2, 0.25) is 0 Å². The van der Waals surface area contributed by atoms with Crippen molar-refractivity contribution < 1.29 is 13.6 Å². The van der Waals surface area contributed by atoms with Crippen molar-refractivity contribution in [3.05, 3.63) is 101 Å². The van der Waals surface area contributed by atoms with E-state index in [1.807, 2.05) is 53.4 Å². The Morgan fingerprint density at radius 2 is 1.63 bits per heavy atom. The first-order valence-electron chi connectivity index (χ1n) is 10.00. The van der Waals surface area contributed by atoms with Gasteiger partial charge in [0.05, 0.1) is 31.2 Å². The smallest absolute Gasteiger partial charge is 0.258 e. The standard InChI is InChI=1S/C24H23N3O3/c1-16-13-21(17(2)26(16)14-18-7-5-11-29-18)23-25-22-10-4-3-9-20(22)24(28)27(23)15-19-8-6-12-30-19/h3-13,23,25H,14-15H2,1-2H3/t23-/m1/s1. The van der Waals surface area contributed by atoms with E-state index in [1.165, 1.54) is 0 Å². The first kappa shape index (κ1) is 18.4. The van der Waals surface area contributed by atoms with E-state index >= 15 is 0 Å². The quantitative estimate of drug-likeness (QED) is 0.505. The summed E-state index contributed by atoms with van der Waals surface area (Å²) in [6.45, 7) is 5.21. The number of rotatable bonds is 5. The molecule has 4 heterocycles. The molecule has 1 aliphatic rings. The Kier molecular flexibility index (Phi) is 4.47. The van der Waals surface area contributed by atoms with Crippen LogP contribution in [0.3, 0.4) is 0 Å². The van der Waals surface area contributed by atoms with Crippen LogP contribution in [-0.2, 0) is 13.1 Å². The molecule has 3 aromatic heterocycles. The van der Waals surface area contributed by atoms with Gasteiger partial charge in [-0.25, -0.2) is 0 Å². The topological polar surface area (TPSA) is 63.6 Å². The molecule has 0 spiro atoms. The Hall–Kier alpha value is -3.67. The number of aromatic nitrogens is 1. The molecule has 6 heteroatoms. The summed E-state index contributed by atoms with van der Waals surface area (Å²) < 4.78 is 13.3. The van der Waals surface area contributed by atoms with Gasteiger partial charge in [-0.2, -0.15) is 0 Å². The van der Waals surface area contributed by atoms with E-state index in [9.17, 15) is 4.79 Å². The molecule has 30 heavy (non-hydrogen) atoms. The highest BCUT2D eigenvalue weighted by atomic mass is 16.3. The maximum absolute atomic E-state index is 13.4. The lowest BCUT2D eigenvalue weighted by molar-refractivity contribution is 0.0651. The minimum Gasteiger partial charge on any atom is -0.467 e. The van der Waals surface area contributed by atoms with E-state index in [0.29, 0.717) is 18.7 Å². The average molecular weight is 401 g/mol. The molecule has 1 amide bonds. The highest BCUT2D eigenvalue weighted by Gasteiger charge is 2.35. The molecule has 0 bridgehead atoms. The third kappa shape index (κ3) is 3.10. The van der Waals surface area contributed by atoms with E-state index < -0.39 is 0 Å². The van der Waals surface area contributed by atoms with Gasteiger partial charge in [-0.1, -0.05) is 12.1 Å². The van der Waals surface area contributed by atoms with Gasteiger partial charge in [0.1, 0.15) is 17.7 Å². The number of nitrogens with one attached hydrogen (secondary N) is 1. The van der Waals surface area contributed by atoms with Crippen LogP contribution in [0.2, 0.25) is 0 Å². The Morgan fingerprint density at radius 1 is 0.933 bits per heavy atom. The largest absolute Gasteiger partial charge is 0.467 e. The summed E-state index contributed by atoms with van der Waals surface area (Å²) in [6, 6.07) is 17.4. The molecule has 1 N–H and O–H groups in total. The molecular formula is C24H23N3O3. The molecule has 0 unspecified atom stereocenters. The normalized spacial score (nSPS) is 15.9. The maximum atomic E-state index is 13.4. The SMILES string of the molecule is Cc1cc([C@@H]2Nc3ccccc3C(=O)N2Cc2ccco2)c(C)n1Cc1ccco1. The van der Waals surface area contributed by atoms with Crippen molar-refractivity contribution in [2.45, 2.75) is 33.1 Å². The second kappa shape index (κ2) is 7.30. The summed E-state index contributed by atoms with van der Waals surface area (Å²) in [6.07, 6.45) is 3.03. The van der Waals surface area contributed by atoms with Gasteiger partial charge in [-0.15, -0.1) is 0 Å². The molecule has 1 atom stereocenters. The summed E-state index contributed by atoms with van der Waals surface area (Å²) in [5.74, 6) is 1.63. The Morgan fingerprint density at radius 3 is 2.33 bits per heavy atom. The third-order valence-corrected chi connectivity index (χ3v) is 5.73. The van der Waals surface area contributed by atoms with Gasteiger partial charge < -0.3 is 23.6 Å². The van der Waals surface area contributed by atoms with Crippen LogP contribution in [0.25, 0.3) is 0 Å². The van der Waals surface area contributed by atoms with Crippen LogP contribution in [0.5, 0.6) is 0 Å². The summed E-state index contributed by atoms with van der Waals surface area (Å²) in [7, 11) is 0. The van der Waals surface area contributed by atoms with Gasteiger partial charge in [0.25, 0.3) is 5.91 Å². The molecule has 4 aromatic rings. The van der Waals surface area contributed by atoms with Gasteiger partial charge in [-0.05, 0) is 56.3 Å². The number of hydrogen-bond acceptors (Lipinski definition) is 4. The number of aryl methyl sites for hydroxylation is 1. The third-order valence-electron chi connectivity index (χ3n) is 5.73. The summed E-state index contributed by atoms with van der Waals surface area (Å²) >= 11 is 0.